The molecule has 4 aromatic rings. The molecule has 4 rings (SSSR count). The number of amides is 1. The zero-order valence-corrected chi connectivity index (χ0v) is 17.0. The Hall–Kier alpha value is -3.24. The van der Waals surface area contributed by atoms with Gasteiger partial charge in [0.25, 0.3) is 5.91 Å². The zero-order valence-electron chi connectivity index (χ0n) is 16.2. The van der Waals surface area contributed by atoms with E-state index in [2.05, 4.69) is 17.2 Å². The van der Waals surface area contributed by atoms with Crippen molar-refractivity contribution in [1.82, 2.24) is 9.97 Å². The van der Waals surface area contributed by atoms with Crippen molar-refractivity contribution in [3.8, 4) is 11.3 Å². The molecule has 0 aliphatic rings. The smallest absolute Gasteiger partial charge is 0.256 e. The highest BCUT2D eigenvalue weighted by Crippen LogP contribution is 2.30. The van der Waals surface area contributed by atoms with Crippen molar-refractivity contribution in [2.45, 2.75) is 20.3 Å². The van der Waals surface area contributed by atoms with E-state index in [9.17, 15) is 4.79 Å². The molecule has 0 radical (unpaired) electrons. The molecule has 1 N–H and O–H groups in total. The topological polar surface area (TPSA) is 54.9 Å². The molecular formula is C24H20ClN3O. The molecule has 0 aliphatic carbocycles. The molecule has 1 amide bonds. The normalized spacial score (nSPS) is 10.9. The molecule has 0 saturated carbocycles. The minimum Gasteiger partial charge on any atom is -0.321 e. The third-order valence-electron chi connectivity index (χ3n) is 4.97. The second-order valence-electron chi connectivity index (χ2n) is 6.85. The van der Waals surface area contributed by atoms with Gasteiger partial charge in [-0.3, -0.25) is 9.78 Å². The van der Waals surface area contributed by atoms with Gasteiger partial charge in [0.1, 0.15) is 0 Å². The van der Waals surface area contributed by atoms with Crippen LogP contribution in [-0.2, 0) is 6.42 Å². The van der Waals surface area contributed by atoms with Crippen LogP contribution < -0.4 is 5.32 Å². The number of carbonyl (C=O) groups excluding carboxylic acids is 1. The fraction of sp³-hybridized carbons (Fsp3) is 0.125. The molecule has 2 heterocycles. The number of hydrogen-bond acceptors (Lipinski definition) is 3. The summed E-state index contributed by atoms with van der Waals surface area (Å²) in [6.45, 7) is 4.07. The van der Waals surface area contributed by atoms with Crippen molar-refractivity contribution < 1.29 is 4.79 Å². The lowest BCUT2D eigenvalue weighted by Gasteiger charge is -2.15. The van der Waals surface area contributed by atoms with Crippen LogP contribution in [0.4, 0.5) is 5.69 Å². The van der Waals surface area contributed by atoms with E-state index in [1.165, 1.54) is 0 Å². The molecule has 0 bridgehead atoms. The lowest BCUT2D eigenvalue weighted by Crippen LogP contribution is -2.15. The maximum atomic E-state index is 13.3. The summed E-state index contributed by atoms with van der Waals surface area (Å²) in [6, 6.07) is 17.1. The number of para-hydroxylation sites is 2. The van der Waals surface area contributed by atoms with E-state index in [1.54, 1.807) is 24.5 Å². The van der Waals surface area contributed by atoms with Gasteiger partial charge in [-0.1, -0.05) is 48.9 Å². The Labute approximate surface area is 174 Å². The first kappa shape index (κ1) is 19.1. The predicted octanol–water partition coefficient (Wildman–Crippen LogP) is 6.07. The van der Waals surface area contributed by atoms with E-state index in [0.29, 0.717) is 27.2 Å². The van der Waals surface area contributed by atoms with Crippen LogP contribution in [0.5, 0.6) is 0 Å². The monoisotopic (exact) mass is 401 g/mol. The summed E-state index contributed by atoms with van der Waals surface area (Å²) in [7, 11) is 0. The van der Waals surface area contributed by atoms with E-state index in [0.717, 1.165) is 28.8 Å². The first-order valence-corrected chi connectivity index (χ1v) is 9.85. The van der Waals surface area contributed by atoms with Crippen molar-refractivity contribution in [3.05, 3.63) is 88.7 Å². The molecule has 144 valence electrons. The number of fused-ring (bicyclic) bond motifs is 1. The largest absolute Gasteiger partial charge is 0.321 e. The average Bonchev–Trinajstić information content (AvgIpc) is 2.75. The third-order valence-corrected chi connectivity index (χ3v) is 5.28. The maximum Gasteiger partial charge on any atom is 0.256 e. The predicted molar refractivity (Wildman–Crippen MR) is 118 cm³/mol. The quantitative estimate of drug-likeness (QED) is 0.451. The molecular weight excluding hydrogens is 382 g/mol. The summed E-state index contributed by atoms with van der Waals surface area (Å²) in [5, 5.41) is 4.33. The van der Waals surface area contributed by atoms with Crippen LogP contribution in [0.3, 0.4) is 0 Å². The highest BCUT2D eigenvalue weighted by molar-refractivity contribution is 6.35. The average molecular weight is 402 g/mol. The van der Waals surface area contributed by atoms with E-state index in [1.807, 2.05) is 49.4 Å². The van der Waals surface area contributed by atoms with Gasteiger partial charge in [0.2, 0.25) is 0 Å². The molecule has 5 heteroatoms. The van der Waals surface area contributed by atoms with Crippen molar-refractivity contribution >= 4 is 34.1 Å². The number of aryl methyl sites for hydroxylation is 2. The maximum absolute atomic E-state index is 13.3. The molecule has 2 aromatic heterocycles. The molecule has 0 fully saturated rings. The number of halogens is 1. The van der Waals surface area contributed by atoms with Crippen molar-refractivity contribution in [2.75, 3.05) is 5.32 Å². The van der Waals surface area contributed by atoms with E-state index in [-0.39, 0.29) is 5.91 Å². The number of benzene rings is 2. The van der Waals surface area contributed by atoms with Gasteiger partial charge in [0.05, 0.1) is 21.8 Å². The summed E-state index contributed by atoms with van der Waals surface area (Å²) in [5.41, 5.74) is 5.60. The number of rotatable bonds is 4. The number of anilines is 1. The Balaban J connectivity index is 1.87. The van der Waals surface area contributed by atoms with Crippen LogP contribution in [0.25, 0.3) is 22.2 Å². The van der Waals surface area contributed by atoms with Crippen LogP contribution in [0.1, 0.15) is 28.4 Å². The molecule has 29 heavy (non-hydrogen) atoms. The van der Waals surface area contributed by atoms with Crippen molar-refractivity contribution in [1.29, 1.82) is 0 Å². The Morgan fingerprint density at radius 2 is 1.93 bits per heavy atom. The van der Waals surface area contributed by atoms with Gasteiger partial charge in [-0.25, -0.2) is 4.98 Å². The van der Waals surface area contributed by atoms with Crippen LogP contribution in [0.15, 0.2) is 67.0 Å². The fourth-order valence-corrected chi connectivity index (χ4v) is 3.66. The van der Waals surface area contributed by atoms with Crippen LogP contribution in [0, 0.1) is 6.92 Å². The van der Waals surface area contributed by atoms with Gasteiger partial charge in [0.15, 0.2) is 0 Å². The number of nitrogens with zero attached hydrogens (tertiary/aromatic N) is 2. The van der Waals surface area contributed by atoms with Gasteiger partial charge in [-0.05, 0) is 48.7 Å². The number of pyridine rings is 2. The van der Waals surface area contributed by atoms with Gasteiger partial charge in [-0.2, -0.15) is 0 Å². The first-order chi connectivity index (χ1) is 14.1. The van der Waals surface area contributed by atoms with E-state index in [4.69, 9.17) is 16.6 Å². The van der Waals surface area contributed by atoms with E-state index >= 15 is 0 Å². The third kappa shape index (κ3) is 3.71. The molecule has 0 saturated heterocycles. The lowest BCUT2D eigenvalue weighted by atomic mass is 10.0. The van der Waals surface area contributed by atoms with Crippen LogP contribution in [0.2, 0.25) is 5.02 Å². The second-order valence-corrected chi connectivity index (χ2v) is 7.26. The Bertz CT molecular complexity index is 1210. The lowest BCUT2D eigenvalue weighted by molar-refractivity contribution is 0.102. The number of aromatic nitrogens is 2. The Morgan fingerprint density at radius 3 is 2.69 bits per heavy atom. The Morgan fingerprint density at radius 1 is 1.10 bits per heavy atom. The minimum absolute atomic E-state index is 0.186. The molecule has 0 unspecified atom stereocenters. The molecule has 0 aliphatic heterocycles. The summed E-state index contributed by atoms with van der Waals surface area (Å²) in [6.07, 6.45) is 4.26. The minimum atomic E-state index is -0.186. The van der Waals surface area contributed by atoms with E-state index < -0.39 is 0 Å². The summed E-state index contributed by atoms with van der Waals surface area (Å²) in [5.74, 6) is -0.186. The van der Waals surface area contributed by atoms with Gasteiger partial charge in [0, 0.05) is 29.0 Å². The number of carbonyl (C=O) groups is 1. The summed E-state index contributed by atoms with van der Waals surface area (Å²) in [4.78, 5) is 22.2. The number of hydrogen-bond donors (Lipinski definition) is 1. The molecule has 4 nitrogen and oxygen atoms in total. The molecule has 0 spiro atoms. The highest BCUT2D eigenvalue weighted by Gasteiger charge is 2.17. The van der Waals surface area contributed by atoms with Crippen molar-refractivity contribution in [3.63, 3.8) is 0 Å². The Kier molecular flexibility index (Phi) is 5.28. The fourth-order valence-electron chi connectivity index (χ4n) is 3.45. The summed E-state index contributed by atoms with van der Waals surface area (Å²) >= 11 is 6.42. The van der Waals surface area contributed by atoms with Gasteiger partial charge in [-0.15, -0.1) is 0 Å². The molecule has 2 aromatic carbocycles. The first-order valence-electron chi connectivity index (χ1n) is 9.48. The SMILES string of the molecule is CCc1cccc(C)c1NC(=O)c1cc(-c2cccnc2)nc2c(Cl)cccc12. The number of nitrogens with one attached hydrogen (secondary N) is 1. The van der Waals surface area contributed by atoms with Crippen LogP contribution in [-0.4, -0.2) is 15.9 Å². The second kappa shape index (κ2) is 8.02. The van der Waals surface area contributed by atoms with Gasteiger partial charge < -0.3 is 5.32 Å². The molecule has 0 atom stereocenters. The van der Waals surface area contributed by atoms with Gasteiger partial charge >= 0.3 is 0 Å². The van der Waals surface area contributed by atoms with Crippen LogP contribution >= 0.6 is 11.6 Å². The highest BCUT2D eigenvalue weighted by atomic mass is 35.5. The van der Waals surface area contributed by atoms with Crippen molar-refractivity contribution in [2.24, 2.45) is 0 Å². The standard InChI is InChI=1S/C24H20ClN3O/c1-3-16-8-4-7-15(2)22(16)28-24(29)19-13-21(17-9-6-12-26-14-17)27-23-18(19)10-5-11-20(23)25/h4-14H,3H2,1-2H3,(H,28,29). The zero-order chi connectivity index (χ0) is 20.4. The summed E-state index contributed by atoms with van der Waals surface area (Å²) < 4.78 is 0.